The molecule has 1 aromatic heterocycles. The van der Waals surface area contributed by atoms with Gasteiger partial charge in [0.15, 0.2) is 0 Å². The highest BCUT2D eigenvalue weighted by Gasteiger charge is 2.48. The summed E-state index contributed by atoms with van der Waals surface area (Å²) < 4.78 is 18.6. The van der Waals surface area contributed by atoms with Crippen molar-refractivity contribution in [3.05, 3.63) is 30.1 Å². The quantitative estimate of drug-likeness (QED) is 0.788. The number of nitrogens with one attached hydrogen (secondary N) is 1. The predicted octanol–water partition coefficient (Wildman–Crippen LogP) is 3.91. The molecule has 142 valence electrons. The minimum Gasteiger partial charge on any atom is -0.411 e. The van der Waals surface area contributed by atoms with Crippen LogP contribution in [0.3, 0.4) is 0 Å². The minimum atomic E-state index is -0.311. The minimum absolute atomic E-state index is 0.0407. The van der Waals surface area contributed by atoms with Crippen molar-refractivity contribution in [1.82, 2.24) is 15.5 Å². The van der Waals surface area contributed by atoms with Crippen LogP contribution in [0.25, 0.3) is 11.5 Å². The second-order valence-corrected chi connectivity index (χ2v) is 9.12. The van der Waals surface area contributed by atoms with E-state index in [0.29, 0.717) is 34.6 Å². The highest BCUT2D eigenvalue weighted by atomic mass is 32.2. The normalized spacial score (nSPS) is 31.2. The number of carbonyl (C=O) groups is 1. The zero-order valence-corrected chi connectivity index (χ0v) is 15.8. The number of rotatable bonds is 5. The van der Waals surface area contributed by atoms with Gasteiger partial charge in [-0.2, -0.15) is 0 Å². The molecule has 1 amide bonds. The summed E-state index contributed by atoms with van der Waals surface area (Å²) in [4.78, 5) is 12.5. The number of nitrogens with zero attached hydrogens (tertiary/aromatic N) is 2. The Balaban J connectivity index is 1.16. The summed E-state index contributed by atoms with van der Waals surface area (Å²) in [5.41, 5.74) is 0.661. The number of aromatic nitrogens is 2. The van der Waals surface area contributed by atoms with E-state index < -0.39 is 0 Å². The fourth-order valence-corrected chi connectivity index (χ4v) is 6.07. The lowest BCUT2D eigenvalue weighted by molar-refractivity contribution is -0.122. The number of thioether (sulfide) groups is 1. The van der Waals surface area contributed by atoms with Crippen LogP contribution in [0.4, 0.5) is 4.39 Å². The lowest BCUT2D eigenvalue weighted by atomic mass is 9.54. The highest BCUT2D eigenvalue weighted by Crippen LogP contribution is 2.53. The van der Waals surface area contributed by atoms with Gasteiger partial charge in [0.2, 0.25) is 11.8 Å². The molecule has 0 unspecified atom stereocenters. The van der Waals surface area contributed by atoms with E-state index in [9.17, 15) is 9.18 Å². The molecular weight excluding hydrogens is 365 g/mol. The van der Waals surface area contributed by atoms with E-state index in [1.165, 1.54) is 56.0 Å². The maximum absolute atomic E-state index is 13.0. The Kier molecular flexibility index (Phi) is 4.42. The van der Waals surface area contributed by atoms with E-state index in [1.54, 1.807) is 12.1 Å². The van der Waals surface area contributed by atoms with Crippen molar-refractivity contribution in [1.29, 1.82) is 0 Å². The third kappa shape index (κ3) is 3.49. The van der Waals surface area contributed by atoms with Crippen LogP contribution in [0.15, 0.2) is 33.9 Å². The largest absolute Gasteiger partial charge is 0.411 e. The predicted molar refractivity (Wildman–Crippen MR) is 99.4 cm³/mol. The molecule has 4 aliphatic carbocycles. The Labute approximate surface area is 161 Å². The van der Waals surface area contributed by atoms with Gasteiger partial charge in [-0.15, -0.1) is 10.2 Å². The van der Waals surface area contributed by atoms with Crippen LogP contribution < -0.4 is 5.32 Å². The van der Waals surface area contributed by atoms with Crippen molar-refractivity contribution in [2.24, 2.45) is 23.7 Å². The number of halogens is 1. The Morgan fingerprint density at radius 3 is 2.41 bits per heavy atom. The molecule has 4 fully saturated rings. The Morgan fingerprint density at radius 2 is 1.74 bits per heavy atom. The van der Waals surface area contributed by atoms with Gasteiger partial charge in [0.25, 0.3) is 5.22 Å². The van der Waals surface area contributed by atoms with E-state index in [2.05, 4.69) is 15.5 Å². The molecule has 7 heteroatoms. The summed E-state index contributed by atoms with van der Waals surface area (Å²) in [6.45, 7) is 0. The molecule has 1 heterocycles. The fraction of sp³-hybridized carbons (Fsp3) is 0.550. The molecule has 1 aromatic carbocycles. The first-order valence-corrected chi connectivity index (χ1v) is 10.6. The summed E-state index contributed by atoms with van der Waals surface area (Å²) in [6, 6.07) is 6.24. The van der Waals surface area contributed by atoms with Crippen molar-refractivity contribution in [2.45, 2.75) is 43.4 Å². The number of amides is 1. The van der Waals surface area contributed by atoms with E-state index in [1.807, 2.05) is 0 Å². The summed E-state index contributed by atoms with van der Waals surface area (Å²) in [5, 5.41) is 11.6. The fourth-order valence-electron chi connectivity index (χ4n) is 5.49. The van der Waals surface area contributed by atoms with Crippen LogP contribution in [0.1, 0.15) is 32.1 Å². The van der Waals surface area contributed by atoms with Crippen LogP contribution in [0, 0.1) is 29.5 Å². The standard InChI is InChI=1S/C20H22FN3O2S/c21-16-3-1-13(2-4-16)19-23-24-20(26-19)27-10-17(25)22-18-14-6-11-5-12(8-14)9-15(18)7-11/h1-4,11-12,14-15,18H,5-10H2,(H,22,25). The van der Waals surface area contributed by atoms with Crippen molar-refractivity contribution < 1.29 is 13.6 Å². The monoisotopic (exact) mass is 387 g/mol. The second kappa shape index (κ2) is 6.93. The van der Waals surface area contributed by atoms with Gasteiger partial charge in [-0.05, 0) is 80.0 Å². The van der Waals surface area contributed by atoms with Crippen LogP contribution >= 0.6 is 11.8 Å². The molecule has 0 radical (unpaired) electrons. The van der Waals surface area contributed by atoms with Gasteiger partial charge >= 0.3 is 0 Å². The Hall–Kier alpha value is -1.89. The van der Waals surface area contributed by atoms with Crippen molar-refractivity contribution in [3.63, 3.8) is 0 Å². The van der Waals surface area contributed by atoms with Crippen LogP contribution in [0.5, 0.6) is 0 Å². The van der Waals surface area contributed by atoms with Gasteiger partial charge in [0.05, 0.1) is 5.75 Å². The first-order valence-electron chi connectivity index (χ1n) is 9.65. The molecule has 0 aliphatic heterocycles. The SMILES string of the molecule is O=C(CSc1nnc(-c2ccc(F)cc2)o1)NC1C2CC3CC(C2)CC1C3. The highest BCUT2D eigenvalue weighted by molar-refractivity contribution is 7.99. The smallest absolute Gasteiger partial charge is 0.277 e. The van der Waals surface area contributed by atoms with Crippen molar-refractivity contribution >= 4 is 17.7 Å². The zero-order chi connectivity index (χ0) is 18.4. The first-order chi connectivity index (χ1) is 13.1. The first kappa shape index (κ1) is 17.2. The molecule has 0 spiro atoms. The number of carbonyl (C=O) groups excluding carboxylic acids is 1. The maximum Gasteiger partial charge on any atom is 0.277 e. The molecule has 4 saturated carbocycles. The summed E-state index contributed by atoms with van der Waals surface area (Å²) in [7, 11) is 0. The van der Waals surface area contributed by atoms with Crippen LogP contribution in [-0.2, 0) is 4.79 Å². The zero-order valence-electron chi connectivity index (χ0n) is 14.9. The topological polar surface area (TPSA) is 68.0 Å². The molecule has 0 saturated heterocycles. The molecular formula is C20H22FN3O2S. The van der Waals surface area contributed by atoms with Crippen molar-refractivity contribution in [3.8, 4) is 11.5 Å². The van der Waals surface area contributed by atoms with E-state index >= 15 is 0 Å². The van der Waals surface area contributed by atoms with Gasteiger partial charge in [0, 0.05) is 11.6 Å². The maximum atomic E-state index is 13.0. The van der Waals surface area contributed by atoms with Gasteiger partial charge in [-0.3, -0.25) is 4.79 Å². The molecule has 4 aliphatic rings. The summed E-state index contributed by atoms with van der Waals surface area (Å²) in [5.74, 6) is 3.48. The lowest BCUT2D eigenvalue weighted by Crippen LogP contribution is -2.56. The Bertz CT molecular complexity index is 810. The van der Waals surface area contributed by atoms with Gasteiger partial charge in [0.1, 0.15) is 5.82 Å². The van der Waals surface area contributed by atoms with E-state index in [4.69, 9.17) is 4.42 Å². The van der Waals surface area contributed by atoms with Gasteiger partial charge < -0.3 is 9.73 Å². The number of benzene rings is 1. The third-order valence-corrected chi connectivity index (χ3v) is 7.20. The van der Waals surface area contributed by atoms with Crippen LogP contribution in [-0.4, -0.2) is 27.9 Å². The molecule has 5 nitrogen and oxygen atoms in total. The molecule has 4 bridgehead atoms. The summed E-state index contributed by atoms with van der Waals surface area (Å²) >= 11 is 1.25. The Morgan fingerprint density at radius 1 is 1.07 bits per heavy atom. The molecule has 2 aromatic rings. The van der Waals surface area contributed by atoms with Gasteiger partial charge in [-0.25, -0.2) is 4.39 Å². The van der Waals surface area contributed by atoms with Gasteiger partial charge in [-0.1, -0.05) is 11.8 Å². The van der Waals surface area contributed by atoms with E-state index in [-0.39, 0.29) is 17.5 Å². The number of hydrogen-bond donors (Lipinski definition) is 1. The molecule has 0 atom stereocenters. The average Bonchev–Trinajstić information content (AvgIpc) is 3.12. The van der Waals surface area contributed by atoms with Crippen LogP contribution in [0.2, 0.25) is 0 Å². The average molecular weight is 387 g/mol. The van der Waals surface area contributed by atoms with E-state index in [0.717, 1.165) is 11.8 Å². The molecule has 6 rings (SSSR count). The summed E-state index contributed by atoms with van der Waals surface area (Å²) in [6.07, 6.45) is 6.56. The molecule has 1 N–H and O–H groups in total. The number of hydrogen-bond acceptors (Lipinski definition) is 5. The second-order valence-electron chi connectivity index (χ2n) is 8.19. The lowest BCUT2D eigenvalue weighted by Gasteiger charge is -2.54. The molecule has 27 heavy (non-hydrogen) atoms. The van der Waals surface area contributed by atoms with Crippen molar-refractivity contribution in [2.75, 3.05) is 5.75 Å². The third-order valence-electron chi connectivity index (χ3n) is 6.38.